The number of carbonyl (C=O) groups is 3. The summed E-state index contributed by atoms with van der Waals surface area (Å²) >= 11 is 3.03. The van der Waals surface area contributed by atoms with Crippen LogP contribution in [0.2, 0.25) is 0 Å². The molecule has 2 unspecified atom stereocenters. The normalized spacial score (nSPS) is 14.9. The molecule has 1 saturated heterocycles. The molecule has 5 rings (SSSR count). The molecule has 2 aromatic heterocycles. The van der Waals surface area contributed by atoms with Crippen LogP contribution in [0.25, 0.3) is 0 Å². The van der Waals surface area contributed by atoms with E-state index in [0.29, 0.717) is 64.3 Å². The highest BCUT2D eigenvalue weighted by atomic mass is 32.1. The standard InChI is InChI=1S/C40H53N7O5S2/c1-29(2)38-42-25-34(54-38)26-46(3)39(49)45-36(16-17-47-18-20-51-21-19-47)37(48)43-32(22-30-10-6-4-7-11-30)14-15-33(23-31-12-8-5-9-13-31)44-40(50)52-27-35-24-41-28-53-35/h4-13,24-25,28-29,32-33,36H,14-23,26-27H2,1-3H3,(H,43,48)(H,44,50)(H,45,49)/t32-,33?,36?/m0/s1. The average Bonchev–Trinajstić information content (AvgIpc) is 3.89. The predicted octanol–water partition coefficient (Wildman–Crippen LogP) is 6.00. The topological polar surface area (TPSA) is 138 Å². The molecular formula is C40H53N7O5S2. The molecule has 3 heterocycles. The van der Waals surface area contributed by atoms with Crippen molar-refractivity contribution in [2.24, 2.45) is 0 Å². The number of aromatic nitrogens is 2. The summed E-state index contributed by atoms with van der Waals surface area (Å²) in [5, 5.41) is 10.5. The van der Waals surface area contributed by atoms with Gasteiger partial charge >= 0.3 is 12.1 Å². The van der Waals surface area contributed by atoms with E-state index in [4.69, 9.17) is 9.47 Å². The molecule has 4 amide bonds. The number of alkyl carbamates (subject to hydrolysis) is 1. The Morgan fingerprint density at radius 2 is 1.52 bits per heavy atom. The molecule has 12 nitrogen and oxygen atoms in total. The molecule has 1 fully saturated rings. The fourth-order valence-corrected chi connectivity index (χ4v) is 7.72. The lowest BCUT2D eigenvalue weighted by Crippen LogP contribution is -2.54. The molecule has 0 spiro atoms. The first-order chi connectivity index (χ1) is 26.2. The fourth-order valence-electron chi connectivity index (χ4n) is 6.24. The number of nitrogens with one attached hydrogen (secondary N) is 3. The Morgan fingerprint density at radius 1 is 0.870 bits per heavy atom. The second-order valence-electron chi connectivity index (χ2n) is 14.0. The second-order valence-corrected chi connectivity index (χ2v) is 16.1. The lowest BCUT2D eigenvalue weighted by molar-refractivity contribution is -0.124. The summed E-state index contributed by atoms with van der Waals surface area (Å²) in [5.41, 5.74) is 3.87. The van der Waals surface area contributed by atoms with Crippen molar-refractivity contribution in [1.29, 1.82) is 0 Å². The van der Waals surface area contributed by atoms with Crippen LogP contribution < -0.4 is 16.0 Å². The first-order valence-corrected chi connectivity index (χ1v) is 20.4. The number of hydrogen-bond donors (Lipinski definition) is 3. The smallest absolute Gasteiger partial charge is 0.407 e. The third kappa shape index (κ3) is 13.8. The maximum absolute atomic E-state index is 14.2. The summed E-state index contributed by atoms with van der Waals surface area (Å²) < 4.78 is 11.1. The highest BCUT2D eigenvalue weighted by molar-refractivity contribution is 7.11. The second kappa shape index (κ2) is 21.5. The molecule has 0 bridgehead atoms. The molecular weight excluding hydrogens is 723 g/mol. The number of hydrogen-bond acceptors (Lipinski definition) is 10. The number of thiazole rings is 2. The van der Waals surface area contributed by atoms with Crippen molar-refractivity contribution in [3.63, 3.8) is 0 Å². The first kappa shape index (κ1) is 40.8. The average molecular weight is 776 g/mol. The van der Waals surface area contributed by atoms with Crippen molar-refractivity contribution in [1.82, 2.24) is 35.7 Å². The minimum absolute atomic E-state index is 0.150. The van der Waals surface area contributed by atoms with Crippen LogP contribution >= 0.6 is 22.7 Å². The van der Waals surface area contributed by atoms with Crippen LogP contribution in [0.4, 0.5) is 9.59 Å². The van der Waals surface area contributed by atoms with E-state index in [0.717, 1.165) is 39.0 Å². The van der Waals surface area contributed by atoms with Gasteiger partial charge in [0.05, 0.1) is 35.2 Å². The quantitative estimate of drug-likeness (QED) is 0.106. The summed E-state index contributed by atoms with van der Waals surface area (Å²) in [6.07, 6.45) is 5.83. The summed E-state index contributed by atoms with van der Waals surface area (Å²) in [5.74, 6) is 0.0785. The number of rotatable bonds is 19. The highest BCUT2D eigenvalue weighted by Crippen LogP contribution is 2.22. The molecule has 0 radical (unpaired) electrons. The summed E-state index contributed by atoms with van der Waals surface area (Å²) in [4.78, 5) is 55.1. The number of urea groups is 1. The minimum Gasteiger partial charge on any atom is -0.444 e. The number of amides is 4. The van der Waals surface area contributed by atoms with Gasteiger partial charge in [-0.3, -0.25) is 14.7 Å². The monoisotopic (exact) mass is 775 g/mol. The Kier molecular flexibility index (Phi) is 16.2. The van der Waals surface area contributed by atoms with Gasteiger partial charge < -0.3 is 30.3 Å². The Hall–Kier alpha value is -4.37. The van der Waals surface area contributed by atoms with Gasteiger partial charge in [-0.1, -0.05) is 74.5 Å². The lowest BCUT2D eigenvalue weighted by atomic mass is 9.95. The van der Waals surface area contributed by atoms with Crippen molar-refractivity contribution < 1.29 is 23.9 Å². The Labute approximate surface area is 326 Å². The maximum atomic E-state index is 14.2. The van der Waals surface area contributed by atoms with Crippen LogP contribution in [0.1, 0.15) is 64.9 Å². The SMILES string of the molecule is CC(C)c1ncc(CN(C)C(=O)NC(CCN2CCOCC2)C(=O)N[C@@H](CCC(Cc2ccccc2)NC(=O)OCc2cncs2)Cc2ccccc2)s1. The number of carbonyl (C=O) groups excluding carboxylic acids is 3. The third-order valence-electron chi connectivity index (χ3n) is 9.27. The van der Waals surface area contributed by atoms with Crippen LogP contribution in [-0.4, -0.2) is 95.8 Å². The maximum Gasteiger partial charge on any atom is 0.407 e. The van der Waals surface area contributed by atoms with Crippen molar-refractivity contribution in [2.45, 2.75) is 83.1 Å². The molecule has 290 valence electrons. The van der Waals surface area contributed by atoms with E-state index in [2.05, 4.69) is 44.7 Å². The van der Waals surface area contributed by atoms with Crippen molar-refractivity contribution in [2.75, 3.05) is 39.9 Å². The summed E-state index contributed by atoms with van der Waals surface area (Å²) in [7, 11) is 1.74. The van der Waals surface area contributed by atoms with E-state index in [9.17, 15) is 14.4 Å². The number of benzene rings is 2. The zero-order valence-corrected chi connectivity index (χ0v) is 33.1. The number of nitrogens with zero attached hydrogens (tertiary/aromatic N) is 4. The van der Waals surface area contributed by atoms with E-state index in [1.165, 1.54) is 11.3 Å². The van der Waals surface area contributed by atoms with Crippen LogP contribution in [0.3, 0.4) is 0 Å². The molecule has 2 aromatic carbocycles. The molecule has 1 aliphatic heterocycles. The van der Waals surface area contributed by atoms with Gasteiger partial charge in [0.25, 0.3) is 0 Å². The van der Waals surface area contributed by atoms with E-state index in [1.807, 2.05) is 66.9 Å². The van der Waals surface area contributed by atoms with E-state index in [1.54, 1.807) is 35.0 Å². The van der Waals surface area contributed by atoms with E-state index in [-0.39, 0.29) is 30.6 Å². The van der Waals surface area contributed by atoms with Crippen molar-refractivity contribution in [3.8, 4) is 0 Å². The van der Waals surface area contributed by atoms with Gasteiger partial charge in [0.15, 0.2) is 0 Å². The van der Waals surface area contributed by atoms with Gasteiger partial charge in [-0.05, 0) is 43.2 Å². The van der Waals surface area contributed by atoms with Gasteiger partial charge in [0.1, 0.15) is 12.6 Å². The Balaban J connectivity index is 1.28. The largest absolute Gasteiger partial charge is 0.444 e. The van der Waals surface area contributed by atoms with Gasteiger partial charge in [-0.2, -0.15) is 0 Å². The van der Waals surface area contributed by atoms with Gasteiger partial charge in [-0.15, -0.1) is 22.7 Å². The molecule has 3 atom stereocenters. The minimum atomic E-state index is -0.756. The molecule has 1 aliphatic rings. The predicted molar refractivity (Wildman–Crippen MR) is 213 cm³/mol. The highest BCUT2D eigenvalue weighted by Gasteiger charge is 2.27. The molecule has 14 heteroatoms. The molecule has 0 aliphatic carbocycles. The van der Waals surface area contributed by atoms with E-state index >= 15 is 0 Å². The van der Waals surface area contributed by atoms with Crippen molar-refractivity contribution in [3.05, 3.63) is 104 Å². The zero-order valence-electron chi connectivity index (χ0n) is 31.4. The van der Waals surface area contributed by atoms with Crippen molar-refractivity contribution >= 4 is 40.7 Å². The van der Waals surface area contributed by atoms with Gasteiger partial charge in [-0.25, -0.2) is 14.6 Å². The zero-order chi connectivity index (χ0) is 38.1. The summed E-state index contributed by atoms with van der Waals surface area (Å²) in [6, 6.07) is 18.5. The molecule has 0 saturated carbocycles. The van der Waals surface area contributed by atoms with Gasteiger partial charge in [0.2, 0.25) is 5.91 Å². The van der Waals surface area contributed by atoms with Crippen LogP contribution in [0.15, 0.2) is 78.6 Å². The number of ether oxygens (including phenoxy) is 2. The van der Waals surface area contributed by atoms with Crippen LogP contribution in [0, 0.1) is 0 Å². The molecule has 54 heavy (non-hydrogen) atoms. The Bertz CT molecular complexity index is 1700. The number of morpholine rings is 1. The van der Waals surface area contributed by atoms with E-state index < -0.39 is 12.1 Å². The summed E-state index contributed by atoms with van der Waals surface area (Å²) in [6.45, 7) is 8.25. The lowest BCUT2D eigenvalue weighted by Gasteiger charge is -2.30. The van der Waals surface area contributed by atoms with Gasteiger partial charge in [0, 0.05) is 62.0 Å². The van der Waals surface area contributed by atoms with Crippen LogP contribution in [0.5, 0.6) is 0 Å². The van der Waals surface area contributed by atoms with Crippen LogP contribution in [-0.2, 0) is 40.3 Å². The fraction of sp³-hybridized carbons (Fsp3) is 0.475. The molecule has 3 N–H and O–H groups in total. The Morgan fingerprint density at radius 3 is 2.11 bits per heavy atom. The third-order valence-corrected chi connectivity index (χ3v) is 11.3. The molecule has 4 aromatic rings. The first-order valence-electron chi connectivity index (χ1n) is 18.7.